The van der Waals surface area contributed by atoms with Crippen LogP contribution in [0.15, 0.2) is 18.2 Å². The van der Waals surface area contributed by atoms with E-state index in [9.17, 15) is 20.2 Å². The van der Waals surface area contributed by atoms with Crippen LogP contribution < -0.4 is 9.47 Å². The molecule has 0 bridgehead atoms. The van der Waals surface area contributed by atoms with Crippen LogP contribution in [-0.4, -0.2) is 36.1 Å². The number of ether oxygens (including phenoxy) is 2. The standard InChI is InChI=1S/C13H18N2O6/c1-13(2,15(18)19)10(8-14(16)17)9-6-5-7-11(20-3)12(9)21-4/h5-7,10H,8H2,1-4H3/t10-/m0/s1. The Morgan fingerprint density at radius 1 is 1.19 bits per heavy atom. The summed E-state index contributed by atoms with van der Waals surface area (Å²) in [6.45, 7) is 2.15. The van der Waals surface area contributed by atoms with E-state index in [1.54, 1.807) is 18.2 Å². The molecule has 0 N–H and O–H groups in total. The van der Waals surface area contributed by atoms with E-state index in [1.165, 1.54) is 28.1 Å². The van der Waals surface area contributed by atoms with E-state index in [-0.39, 0.29) is 5.75 Å². The maximum absolute atomic E-state index is 11.3. The number of methoxy groups -OCH3 is 2. The van der Waals surface area contributed by atoms with Crippen molar-refractivity contribution in [2.75, 3.05) is 20.8 Å². The molecule has 0 aliphatic rings. The number of rotatable bonds is 7. The zero-order valence-electron chi connectivity index (χ0n) is 12.4. The monoisotopic (exact) mass is 298 g/mol. The van der Waals surface area contributed by atoms with Gasteiger partial charge in [0.1, 0.15) is 5.92 Å². The molecule has 0 amide bonds. The summed E-state index contributed by atoms with van der Waals surface area (Å²) >= 11 is 0. The third-order valence-corrected chi connectivity index (χ3v) is 3.46. The van der Waals surface area contributed by atoms with Crippen molar-refractivity contribution in [3.8, 4) is 11.5 Å². The molecule has 0 saturated heterocycles. The van der Waals surface area contributed by atoms with E-state index in [2.05, 4.69) is 0 Å². The Hall–Kier alpha value is -2.38. The molecule has 0 saturated carbocycles. The van der Waals surface area contributed by atoms with Crippen molar-refractivity contribution >= 4 is 0 Å². The van der Waals surface area contributed by atoms with Crippen LogP contribution in [0.1, 0.15) is 25.3 Å². The van der Waals surface area contributed by atoms with Gasteiger partial charge in [0.15, 0.2) is 11.5 Å². The molecule has 0 spiro atoms. The third kappa shape index (κ3) is 3.39. The van der Waals surface area contributed by atoms with E-state index in [0.717, 1.165) is 0 Å². The lowest BCUT2D eigenvalue weighted by atomic mass is 9.81. The van der Waals surface area contributed by atoms with Gasteiger partial charge in [0.05, 0.1) is 14.2 Å². The molecule has 0 radical (unpaired) electrons. The van der Waals surface area contributed by atoms with Crippen LogP contribution in [0.2, 0.25) is 0 Å². The minimum Gasteiger partial charge on any atom is -0.493 e. The normalized spacial score (nSPS) is 12.6. The third-order valence-electron chi connectivity index (χ3n) is 3.46. The number of nitro groups is 2. The van der Waals surface area contributed by atoms with Gasteiger partial charge in [0.25, 0.3) is 0 Å². The van der Waals surface area contributed by atoms with Crippen LogP contribution in [0.25, 0.3) is 0 Å². The molecule has 8 heteroatoms. The van der Waals surface area contributed by atoms with Gasteiger partial charge in [0, 0.05) is 29.3 Å². The quantitative estimate of drug-likeness (QED) is 0.564. The fourth-order valence-electron chi connectivity index (χ4n) is 2.16. The first-order chi connectivity index (χ1) is 9.75. The highest BCUT2D eigenvalue weighted by molar-refractivity contribution is 5.49. The largest absolute Gasteiger partial charge is 0.493 e. The van der Waals surface area contributed by atoms with E-state index < -0.39 is 27.8 Å². The Bertz CT molecular complexity index is 543. The van der Waals surface area contributed by atoms with Gasteiger partial charge in [-0.3, -0.25) is 20.2 Å². The molecular weight excluding hydrogens is 280 g/mol. The fraction of sp³-hybridized carbons (Fsp3) is 0.538. The number of benzene rings is 1. The lowest BCUT2D eigenvalue weighted by Crippen LogP contribution is -2.41. The van der Waals surface area contributed by atoms with Gasteiger partial charge >= 0.3 is 0 Å². The van der Waals surface area contributed by atoms with Crippen LogP contribution in [-0.2, 0) is 0 Å². The first-order valence-corrected chi connectivity index (χ1v) is 6.22. The molecule has 21 heavy (non-hydrogen) atoms. The molecule has 1 atom stereocenters. The molecule has 0 unspecified atom stereocenters. The minimum atomic E-state index is -1.52. The average Bonchev–Trinajstić information content (AvgIpc) is 2.43. The molecule has 1 rings (SSSR count). The maximum Gasteiger partial charge on any atom is 0.230 e. The molecular formula is C13H18N2O6. The molecule has 1 aromatic carbocycles. The Morgan fingerprint density at radius 2 is 1.81 bits per heavy atom. The maximum atomic E-state index is 11.3. The highest BCUT2D eigenvalue weighted by Crippen LogP contribution is 2.40. The molecule has 0 aliphatic carbocycles. The van der Waals surface area contributed by atoms with Gasteiger partial charge in [-0.05, 0) is 6.07 Å². The summed E-state index contributed by atoms with van der Waals surface area (Å²) in [6, 6.07) is 4.84. The Balaban J connectivity index is 3.46. The number of para-hydroxylation sites is 1. The fourth-order valence-corrected chi connectivity index (χ4v) is 2.16. The minimum absolute atomic E-state index is 0.279. The van der Waals surface area contributed by atoms with Gasteiger partial charge in [0.2, 0.25) is 12.1 Å². The number of nitrogens with zero attached hydrogens (tertiary/aromatic N) is 2. The zero-order chi connectivity index (χ0) is 16.2. The lowest BCUT2D eigenvalue weighted by Gasteiger charge is -2.26. The van der Waals surface area contributed by atoms with Crippen molar-refractivity contribution in [1.82, 2.24) is 0 Å². The van der Waals surface area contributed by atoms with Crippen LogP contribution in [0.4, 0.5) is 0 Å². The molecule has 0 heterocycles. The summed E-state index contributed by atoms with van der Waals surface area (Å²) in [5.41, 5.74) is -1.14. The van der Waals surface area contributed by atoms with Crippen molar-refractivity contribution in [3.05, 3.63) is 44.0 Å². The van der Waals surface area contributed by atoms with E-state index in [1.807, 2.05) is 0 Å². The van der Waals surface area contributed by atoms with Crippen LogP contribution in [0.5, 0.6) is 11.5 Å². The molecule has 116 valence electrons. The Kier molecular flexibility index (Phi) is 5.07. The highest BCUT2D eigenvalue weighted by Gasteiger charge is 2.46. The number of hydrogen-bond acceptors (Lipinski definition) is 6. The van der Waals surface area contributed by atoms with E-state index in [0.29, 0.717) is 11.3 Å². The summed E-state index contributed by atoms with van der Waals surface area (Å²) in [5.74, 6) is -0.295. The van der Waals surface area contributed by atoms with Gasteiger partial charge in [-0.25, -0.2) is 0 Å². The average molecular weight is 298 g/mol. The Labute approximate surface area is 122 Å². The predicted octanol–water partition coefficient (Wildman–Crippen LogP) is 2.12. The zero-order valence-corrected chi connectivity index (χ0v) is 12.4. The highest BCUT2D eigenvalue weighted by atomic mass is 16.6. The first kappa shape index (κ1) is 16.7. The van der Waals surface area contributed by atoms with E-state index >= 15 is 0 Å². The summed E-state index contributed by atoms with van der Waals surface area (Å²) < 4.78 is 10.4. The topological polar surface area (TPSA) is 105 Å². The van der Waals surface area contributed by atoms with Crippen molar-refractivity contribution in [2.45, 2.75) is 25.3 Å². The molecule has 0 fully saturated rings. The summed E-state index contributed by atoms with van der Waals surface area (Å²) in [6.07, 6.45) is 0. The lowest BCUT2D eigenvalue weighted by molar-refractivity contribution is -0.579. The smallest absolute Gasteiger partial charge is 0.230 e. The predicted molar refractivity (Wildman–Crippen MR) is 75.2 cm³/mol. The van der Waals surface area contributed by atoms with Crippen molar-refractivity contribution < 1.29 is 19.3 Å². The van der Waals surface area contributed by atoms with E-state index in [4.69, 9.17) is 9.47 Å². The Morgan fingerprint density at radius 3 is 2.24 bits per heavy atom. The van der Waals surface area contributed by atoms with Gasteiger partial charge in [-0.2, -0.15) is 0 Å². The molecule has 0 aromatic heterocycles. The molecule has 1 aromatic rings. The summed E-state index contributed by atoms with van der Waals surface area (Å²) in [5, 5.41) is 22.2. The SMILES string of the molecule is COc1cccc([C@H](C[N+](=O)[O-])C(C)(C)[N+](=O)[O-])c1OC. The summed E-state index contributed by atoms with van der Waals surface area (Å²) in [4.78, 5) is 21.1. The van der Waals surface area contributed by atoms with Crippen LogP contribution in [0.3, 0.4) is 0 Å². The van der Waals surface area contributed by atoms with Crippen molar-refractivity contribution in [3.63, 3.8) is 0 Å². The summed E-state index contributed by atoms with van der Waals surface area (Å²) in [7, 11) is 2.83. The van der Waals surface area contributed by atoms with Gasteiger partial charge < -0.3 is 9.47 Å². The molecule has 0 aliphatic heterocycles. The van der Waals surface area contributed by atoms with Crippen LogP contribution in [0, 0.1) is 20.2 Å². The van der Waals surface area contributed by atoms with Gasteiger partial charge in [-0.15, -0.1) is 0 Å². The van der Waals surface area contributed by atoms with Crippen molar-refractivity contribution in [1.29, 1.82) is 0 Å². The second-order valence-electron chi connectivity index (χ2n) is 5.06. The second kappa shape index (κ2) is 6.38. The van der Waals surface area contributed by atoms with Crippen molar-refractivity contribution in [2.24, 2.45) is 0 Å². The molecule has 8 nitrogen and oxygen atoms in total. The van der Waals surface area contributed by atoms with Crippen LogP contribution >= 0.6 is 0 Å². The number of hydrogen-bond donors (Lipinski definition) is 0. The first-order valence-electron chi connectivity index (χ1n) is 6.22. The van der Waals surface area contributed by atoms with Gasteiger partial charge in [-0.1, -0.05) is 12.1 Å². The second-order valence-corrected chi connectivity index (χ2v) is 5.06.